The number of phenols is 1. The number of rotatable bonds is 8. The van der Waals surface area contributed by atoms with E-state index in [1.54, 1.807) is 30.3 Å². The molecule has 0 spiro atoms. The normalized spacial score (nSPS) is 17.1. The van der Waals surface area contributed by atoms with E-state index in [0.717, 1.165) is 34.8 Å². The first-order valence-electron chi connectivity index (χ1n) is 12.7. The van der Waals surface area contributed by atoms with Crippen LogP contribution in [-0.4, -0.2) is 46.7 Å². The summed E-state index contributed by atoms with van der Waals surface area (Å²) < 4.78 is 12.7. The van der Waals surface area contributed by atoms with E-state index in [-0.39, 0.29) is 29.9 Å². The van der Waals surface area contributed by atoms with Gasteiger partial charge in [-0.3, -0.25) is 9.59 Å². The lowest BCUT2D eigenvalue weighted by Crippen LogP contribution is -2.36. The lowest BCUT2D eigenvalue weighted by Gasteiger charge is -2.24. The number of amides is 2. The molecule has 1 saturated carbocycles. The average molecular weight is 658 g/mol. The Balaban J connectivity index is 1.45. The Morgan fingerprint density at radius 3 is 2.54 bits per heavy atom. The van der Waals surface area contributed by atoms with Gasteiger partial charge in [0, 0.05) is 20.7 Å². The molecule has 1 fully saturated rings. The Morgan fingerprint density at radius 2 is 1.82 bits per heavy atom. The van der Waals surface area contributed by atoms with Crippen LogP contribution < -0.4 is 14.8 Å². The Morgan fingerprint density at radius 1 is 1.08 bits per heavy atom. The SMILES string of the molecule is COc1c(OCC(=O)NC2CCCC2)cccc1C1SC(c2ccc(I)cc2)=NN1C(=O)c1ccccc1O. The molecule has 1 heterocycles. The second kappa shape index (κ2) is 12.3. The average Bonchev–Trinajstić information content (AvgIpc) is 3.62. The number of hydrogen-bond acceptors (Lipinski definition) is 7. The number of carbonyl (C=O) groups excluding carboxylic acids is 2. The van der Waals surface area contributed by atoms with Crippen molar-refractivity contribution in [2.45, 2.75) is 37.1 Å². The minimum absolute atomic E-state index is 0.124. The quantitative estimate of drug-likeness (QED) is 0.302. The summed E-state index contributed by atoms with van der Waals surface area (Å²) in [4.78, 5) is 26.2. The number of ether oxygens (including phenoxy) is 2. The largest absolute Gasteiger partial charge is 0.507 e. The van der Waals surface area contributed by atoms with E-state index in [1.807, 2.05) is 30.3 Å². The number of para-hydroxylation sites is 2. The van der Waals surface area contributed by atoms with Gasteiger partial charge in [0.05, 0.1) is 12.7 Å². The number of nitrogens with one attached hydrogen (secondary N) is 1. The highest BCUT2D eigenvalue weighted by molar-refractivity contribution is 14.1. The summed E-state index contributed by atoms with van der Waals surface area (Å²) in [6, 6.07) is 19.9. The smallest absolute Gasteiger partial charge is 0.279 e. The molecule has 3 aromatic carbocycles. The van der Waals surface area contributed by atoms with Crippen LogP contribution in [0.3, 0.4) is 0 Å². The van der Waals surface area contributed by atoms with Gasteiger partial charge in [0.25, 0.3) is 11.8 Å². The molecule has 8 nitrogen and oxygen atoms in total. The molecule has 202 valence electrons. The summed E-state index contributed by atoms with van der Waals surface area (Å²) in [6.45, 7) is -0.140. The summed E-state index contributed by atoms with van der Waals surface area (Å²) in [5, 5.41) is 19.5. The van der Waals surface area contributed by atoms with Gasteiger partial charge in [0.1, 0.15) is 16.2 Å². The van der Waals surface area contributed by atoms with Gasteiger partial charge >= 0.3 is 0 Å². The van der Waals surface area contributed by atoms with Crippen molar-refractivity contribution < 1.29 is 24.2 Å². The van der Waals surface area contributed by atoms with E-state index in [2.05, 4.69) is 33.0 Å². The molecule has 10 heteroatoms. The number of halogens is 1. The van der Waals surface area contributed by atoms with E-state index in [9.17, 15) is 14.7 Å². The fraction of sp³-hybridized carbons (Fsp3) is 0.276. The Bertz CT molecular complexity index is 1390. The van der Waals surface area contributed by atoms with Crippen molar-refractivity contribution >= 4 is 51.2 Å². The molecule has 2 aliphatic rings. The molecule has 5 rings (SSSR count). The maximum absolute atomic E-state index is 13.7. The van der Waals surface area contributed by atoms with Crippen molar-refractivity contribution in [3.8, 4) is 17.2 Å². The fourth-order valence-corrected chi connectivity index (χ4v) is 6.25. The van der Waals surface area contributed by atoms with E-state index < -0.39 is 11.3 Å². The third-order valence-corrected chi connectivity index (χ3v) is 8.57. The number of thioether (sulfide) groups is 1. The molecule has 0 bridgehead atoms. The number of hydrazone groups is 1. The molecule has 2 amide bonds. The van der Waals surface area contributed by atoms with Gasteiger partial charge in [0.2, 0.25) is 0 Å². The van der Waals surface area contributed by atoms with Crippen LogP contribution in [0, 0.1) is 3.57 Å². The number of benzene rings is 3. The fourth-order valence-electron chi connectivity index (χ4n) is 4.71. The van der Waals surface area contributed by atoms with E-state index in [4.69, 9.17) is 9.47 Å². The molecule has 0 radical (unpaired) electrons. The molecule has 0 aromatic heterocycles. The summed E-state index contributed by atoms with van der Waals surface area (Å²) in [7, 11) is 1.53. The van der Waals surface area contributed by atoms with Crippen molar-refractivity contribution in [2.75, 3.05) is 13.7 Å². The van der Waals surface area contributed by atoms with Crippen LogP contribution in [0.5, 0.6) is 17.2 Å². The Kier molecular flexibility index (Phi) is 8.61. The number of nitrogens with zero attached hydrogens (tertiary/aromatic N) is 2. The van der Waals surface area contributed by atoms with Crippen LogP contribution in [0.15, 0.2) is 71.8 Å². The molecule has 1 atom stereocenters. The van der Waals surface area contributed by atoms with E-state index >= 15 is 0 Å². The zero-order chi connectivity index (χ0) is 27.4. The van der Waals surface area contributed by atoms with Gasteiger partial charge < -0.3 is 19.9 Å². The molecule has 0 saturated heterocycles. The van der Waals surface area contributed by atoms with Gasteiger partial charge in [-0.05, 0) is 65.8 Å². The molecule has 2 N–H and O–H groups in total. The van der Waals surface area contributed by atoms with E-state index in [1.165, 1.54) is 29.9 Å². The van der Waals surface area contributed by atoms with Crippen molar-refractivity contribution in [1.29, 1.82) is 0 Å². The first kappa shape index (κ1) is 27.3. The van der Waals surface area contributed by atoms with Crippen LogP contribution in [0.2, 0.25) is 0 Å². The summed E-state index contributed by atoms with van der Waals surface area (Å²) in [5.74, 6) is 0.0647. The summed E-state index contributed by atoms with van der Waals surface area (Å²) in [6.07, 6.45) is 4.24. The molecular formula is C29H28IN3O5S. The molecule has 39 heavy (non-hydrogen) atoms. The minimum atomic E-state index is -0.600. The van der Waals surface area contributed by atoms with Gasteiger partial charge in [-0.15, -0.1) is 0 Å². The highest BCUT2D eigenvalue weighted by atomic mass is 127. The van der Waals surface area contributed by atoms with Gasteiger partial charge in [-0.2, -0.15) is 5.10 Å². The predicted octanol–water partition coefficient (Wildman–Crippen LogP) is 5.69. The van der Waals surface area contributed by atoms with Crippen molar-refractivity contribution in [1.82, 2.24) is 10.3 Å². The monoisotopic (exact) mass is 657 g/mol. The third kappa shape index (κ3) is 6.17. The van der Waals surface area contributed by atoms with Crippen LogP contribution in [0.1, 0.15) is 52.5 Å². The molecule has 1 aliphatic carbocycles. The van der Waals surface area contributed by atoms with Crippen molar-refractivity contribution in [3.63, 3.8) is 0 Å². The highest BCUT2D eigenvalue weighted by Gasteiger charge is 2.37. The topological polar surface area (TPSA) is 100 Å². The number of phenolic OH excluding ortho intramolecular Hbond substituents is 1. The summed E-state index contributed by atoms with van der Waals surface area (Å²) in [5.41, 5.74) is 1.67. The maximum atomic E-state index is 13.7. The molecular weight excluding hydrogens is 629 g/mol. The van der Waals surface area contributed by atoms with Crippen LogP contribution >= 0.6 is 34.4 Å². The molecule has 1 unspecified atom stereocenters. The maximum Gasteiger partial charge on any atom is 0.279 e. The molecule has 1 aliphatic heterocycles. The van der Waals surface area contributed by atoms with Gasteiger partial charge in [-0.25, -0.2) is 5.01 Å². The Labute approximate surface area is 244 Å². The van der Waals surface area contributed by atoms with Crippen molar-refractivity contribution in [2.24, 2.45) is 5.10 Å². The second-order valence-corrected chi connectivity index (χ2v) is 11.6. The minimum Gasteiger partial charge on any atom is -0.507 e. The number of methoxy groups -OCH3 is 1. The van der Waals surface area contributed by atoms with Gasteiger partial charge in [0.15, 0.2) is 18.1 Å². The lowest BCUT2D eigenvalue weighted by atomic mass is 10.1. The summed E-state index contributed by atoms with van der Waals surface area (Å²) >= 11 is 3.64. The van der Waals surface area contributed by atoms with Crippen LogP contribution in [0.4, 0.5) is 0 Å². The molecule has 3 aromatic rings. The standard InChI is InChI=1S/C29H28IN3O5S/c1-37-26-22(10-6-12-24(26)38-17-25(35)31-20-7-2-3-8-20)29-33(28(36)21-9-4-5-11-23(21)34)32-27(39-29)18-13-15-19(30)16-14-18/h4-6,9-16,20,29,34H,2-3,7-8,17H2,1H3,(H,31,35). The highest BCUT2D eigenvalue weighted by Crippen LogP contribution is 2.48. The zero-order valence-electron chi connectivity index (χ0n) is 21.3. The lowest BCUT2D eigenvalue weighted by molar-refractivity contribution is -0.123. The van der Waals surface area contributed by atoms with Crippen molar-refractivity contribution in [3.05, 3.63) is 87.0 Å². The number of aromatic hydroxyl groups is 1. The second-order valence-electron chi connectivity index (χ2n) is 9.27. The first-order chi connectivity index (χ1) is 18.9. The van der Waals surface area contributed by atoms with E-state index in [0.29, 0.717) is 22.1 Å². The van der Waals surface area contributed by atoms with Crippen LogP contribution in [-0.2, 0) is 4.79 Å². The van der Waals surface area contributed by atoms with Crippen LogP contribution in [0.25, 0.3) is 0 Å². The third-order valence-electron chi connectivity index (χ3n) is 6.64. The Hall–Kier alpha value is -3.25. The predicted molar refractivity (Wildman–Crippen MR) is 159 cm³/mol. The first-order valence-corrected chi connectivity index (χ1v) is 14.6. The number of carbonyl (C=O) groups is 2. The van der Waals surface area contributed by atoms with Gasteiger partial charge in [-0.1, -0.05) is 61.0 Å². The number of hydrogen-bond donors (Lipinski definition) is 2. The zero-order valence-corrected chi connectivity index (χ0v) is 24.3.